The third-order valence-electron chi connectivity index (χ3n) is 2.54. The largest absolute Gasteiger partial charge is 0.298 e. The van der Waals surface area contributed by atoms with Gasteiger partial charge in [0.1, 0.15) is 5.75 Å². The van der Waals surface area contributed by atoms with Crippen LogP contribution < -0.4 is 0 Å². The van der Waals surface area contributed by atoms with Gasteiger partial charge >= 0.3 is 0 Å². The molecule has 1 aromatic carbocycles. The van der Waals surface area contributed by atoms with Gasteiger partial charge in [0.05, 0.1) is 4.90 Å². The predicted octanol–water partition coefficient (Wildman–Crippen LogP) is 2.38. The summed E-state index contributed by atoms with van der Waals surface area (Å²) in [5.41, 5.74) is 0.365. The molecule has 3 nitrogen and oxygen atoms in total. The summed E-state index contributed by atoms with van der Waals surface area (Å²) in [5, 5.41) is 0. The molecule has 1 rings (SSSR count). The third kappa shape index (κ3) is 3.66. The van der Waals surface area contributed by atoms with Crippen LogP contribution in [0.5, 0.6) is 0 Å². The average molecular weight is 254 g/mol. The lowest BCUT2D eigenvalue weighted by atomic mass is 9.92. The fourth-order valence-electron chi connectivity index (χ4n) is 1.22. The van der Waals surface area contributed by atoms with E-state index in [9.17, 15) is 13.2 Å². The first-order valence-corrected chi connectivity index (χ1v) is 7.11. The van der Waals surface area contributed by atoms with E-state index in [2.05, 4.69) is 0 Å². The van der Waals surface area contributed by atoms with Crippen molar-refractivity contribution < 1.29 is 13.2 Å². The Morgan fingerprint density at radius 3 is 2.00 bits per heavy atom. The van der Waals surface area contributed by atoms with E-state index in [1.807, 2.05) is 6.92 Å². The first-order chi connectivity index (χ1) is 7.63. The number of ketones is 1. The molecule has 0 unspecified atom stereocenters. The molecule has 94 valence electrons. The number of carbonyl (C=O) groups is 1. The van der Waals surface area contributed by atoms with Crippen molar-refractivity contribution in [1.82, 2.24) is 0 Å². The van der Waals surface area contributed by atoms with Crippen molar-refractivity contribution in [3.63, 3.8) is 0 Å². The van der Waals surface area contributed by atoms with Crippen LogP contribution in [-0.2, 0) is 14.6 Å². The van der Waals surface area contributed by atoms with Gasteiger partial charge in [0.2, 0.25) is 0 Å². The summed E-state index contributed by atoms with van der Waals surface area (Å²) in [6.07, 6.45) is 0. The molecule has 0 spiro atoms. The molecule has 1 aromatic rings. The Bertz CT molecular complexity index is 505. The zero-order valence-electron chi connectivity index (χ0n) is 10.6. The summed E-state index contributed by atoms with van der Waals surface area (Å²) in [6.45, 7) is 7.05. The van der Waals surface area contributed by atoms with Gasteiger partial charge in [-0.15, -0.1) is 0 Å². The van der Waals surface area contributed by atoms with Crippen molar-refractivity contribution in [2.75, 3.05) is 5.75 Å². The van der Waals surface area contributed by atoms with Gasteiger partial charge in [-0.1, -0.05) is 38.5 Å². The lowest BCUT2D eigenvalue weighted by Gasteiger charge is -2.16. The van der Waals surface area contributed by atoms with E-state index in [-0.39, 0.29) is 10.7 Å². The summed E-state index contributed by atoms with van der Waals surface area (Å²) in [6, 6.07) is 6.55. The van der Waals surface area contributed by atoms with E-state index >= 15 is 0 Å². The molecule has 0 atom stereocenters. The molecular weight excluding hydrogens is 236 g/mol. The fraction of sp³-hybridized carbons (Fsp3) is 0.462. The zero-order valence-corrected chi connectivity index (χ0v) is 11.5. The molecule has 0 amide bonds. The second kappa shape index (κ2) is 4.61. The number of hydrogen-bond donors (Lipinski definition) is 0. The molecule has 0 radical (unpaired) electrons. The van der Waals surface area contributed by atoms with Crippen LogP contribution >= 0.6 is 0 Å². The number of Topliss-reactive ketones (excluding diaryl/α,β-unsaturated/α-hetero) is 1. The lowest BCUT2D eigenvalue weighted by molar-refractivity contribution is -0.123. The SMILES string of the molecule is Cc1ccc(S(=O)(=O)CC(=O)C(C)(C)C)cc1. The maximum absolute atomic E-state index is 12.0. The molecule has 17 heavy (non-hydrogen) atoms. The van der Waals surface area contributed by atoms with E-state index in [1.54, 1.807) is 45.0 Å². The van der Waals surface area contributed by atoms with Crippen LogP contribution in [0.15, 0.2) is 29.2 Å². The second-order valence-electron chi connectivity index (χ2n) is 5.25. The summed E-state index contributed by atoms with van der Waals surface area (Å²) in [7, 11) is -3.51. The van der Waals surface area contributed by atoms with Crippen LogP contribution in [0.4, 0.5) is 0 Å². The van der Waals surface area contributed by atoms with Crippen LogP contribution in [0.3, 0.4) is 0 Å². The Hall–Kier alpha value is -1.16. The lowest BCUT2D eigenvalue weighted by Crippen LogP contribution is -2.28. The van der Waals surface area contributed by atoms with E-state index in [4.69, 9.17) is 0 Å². The second-order valence-corrected chi connectivity index (χ2v) is 7.23. The van der Waals surface area contributed by atoms with Gasteiger partial charge < -0.3 is 0 Å². The normalized spacial score (nSPS) is 12.5. The Morgan fingerprint density at radius 2 is 1.59 bits per heavy atom. The maximum atomic E-state index is 12.0. The molecule has 0 saturated carbocycles. The van der Waals surface area contributed by atoms with Crippen LogP contribution in [0.25, 0.3) is 0 Å². The molecule has 0 aliphatic carbocycles. The number of aryl methyl sites for hydroxylation is 1. The van der Waals surface area contributed by atoms with Crippen LogP contribution in [0.2, 0.25) is 0 Å². The monoisotopic (exact) mass is 254 g/mol. The molecule has 0 fully saturated rings. The maximum Gasteiger partial charge on any atom is 0.185 e. The minimum Gasteiger partial charge on any atom is -0.298 e. The molecule has 0 saturated heterocycles. The van der Waals surface area contributed by atoms with Crippen molar-refractivity contribution in [2.45, 2.75) is 32.6 Å². The highest BCUT2D eigenvalue weighted by Crippen LogP contribution is 2.19. The number of carbonyl (C=O) groups excluding carboxylic acids is 1. The molecule has 0 N–H and O–H groups in total. The summed E-state index contributed by atoms with van der Waals surface area (Å²) in [4.78, 5) is 12.0. The van der Waals surface area contributed by atoms with Crippen molar-refractivity contribution >= 4 is 15.6 Å². The summed E-state index contributed by atoms with van der Waals surface area (Å²) < 4.78 is 24.0. The predicted molar refractivity (Wildman–Crippen MR) is 67.7 cm³/mol. The quantitative estimate of drug-likeness (QED) is 0.832. The Balaban J connectivity index is 2.98. The van der Waals surface area contributed by atoms with E-state index in [1.165, 1.54) is 0 Å². The molecular formula is C13H18O3S. The van der Waals surface area contributed by atoms with Gasteiger partial charge in [0.25, 0.3) is 0 Å². The minimum absolute atomic E-state index is 0.209. The zero-order chi connectivity index (χ0) is 13.3. The first-order valence-electron chi connectivity index (χ1n) is 5.46. The topological polar surface area (TPSA) is 51.2 Å². The molecule has 0 heterocycles. The third-order valence-corrected chi connectivity index (χ3v) is 4.17. The van der Waals surface area contributed by atoms with Crippen LogP contribution in [0, 0.1) is 12.3 Å². The summed E-state index contributed by atoms with van der Waals surface area (Å²) in [5.74, 6) is -0.697. The Kier molecular flexibility index (Phi) is 3.77. The fourth-order valence-corrected chi connectivity index (χ4v) is 2.71. The number of benzene rings is 1. The standard InChI is InChI=1S/C13H18O3S/c1-10-5-7-11(8-6-10)17(15,16)9-12(14)13(2,3)4/h5-8H,9H2,1-4H3. The first kappa shape index (κ1) is 13.9. The van der Waals surface area contributed by atoms with Gasteiger partial charge in [-0.05, 0) is 19.1 Å². The van der Waals surface area contributed by atoms with Gasteiger partial charge in [0.15, 0.2) is 15.6 Å². The smallest absolute Gasteiger partial charge is 0.185 e. The molecule has 0 aliphatic heterocycles. The van der Waals surface area contributed by atoms with E-state index in [0.29, 0.717) is 0 Å². The minimum atomic E-state index is -3.51. The number of hydrogen-bond acceptors (Lipinski definition) is 3. The van der Waals surface area contributed by atoms with Gasteiger partial charge in [-0.3, -0.25) is 4.79 Å². The Morgan fingerprint density at radius 1 is 1.12 bits per heavy atom. The number of sulfone groups is 1. The van der Waals surface area contributed by atoms with Crippen molar-refractivity contribution in [1.29, 1.82) is 0 Å². The van der Waals surface area contributed by atoms with Crippen LogP contribution in [0.1, 0.15) is 26.3 Å². The number of rotatable bonds is 3. The molecule has 0 aromatic heterocycles. The van der Waals surface area contributed by atoms with Crippen molar-refractivity contribution in [2.24, 2.45) is 5.41 Å². The highest BCUT2D eigenvalue weighted by molar-refractivity contribution is 7.92. The highest BCUT2D eigenvalue weighted by atomic mass is 32.2. The van der Waals surface area contributed by atoms with Gasteiger partial charge in [-0.25, -0.2) is 8.42 Å². The van der Waals surface area contributed by atoms with Crippen LogP contribution in [-0.4, -0.2) is 20.0 Å². The molecule has 0 bridgehead atoms. The Labute approximate surface area is 103 Å². The highest BCUT2D eigenvalue weighted by Gasteiger charge is 2.27. The molecule has 0 aliphatic rings. The average Bonchev–Trinajstić information content (AvgIpc) is 2.16. The molecule has 4 heteroatoms. The van der Waals surface area contributed by atoms with E-state index in [0.717, 1.165) is 5.56 Å². The van der Waals surface area contributed by atoms with E-state index < -0.39 is 21.0 Å². The van der Waals surface area contributed by atoms with Crippen molar-refractivity contribution in [3.8, 4) is 0 Å². The van der Waals surface area contributed by atoms with Crippen molar-refractivity contribution in [3.05, 3.63) is 29.8 Å². The van der Waals surface area contributed by atoms with Gasteiger partial charge in [0, 0.05) is 5.41 Å². The van der Waals surface area contributed by atoms with Gasteiger partial charge in [-0.2, -0.15) is 0 Å². The summed E-state index contributed by atoms with van der Waals surface area (Å²) >= 11 is 0.